The first-order valence-electron chi connectivity index (χ1n) is 7.05. The first-order valence-corrected chi connectivity index (χ1v) is 7.05. The lowest BCUT2D eigenvalue weighted by molar-refractivity contribution is 1.09. The van der Waals surface area contributed by atoms with Crippen molar-refractivity contribution in [1.82, 2.24) is 4.98 Å². The first-order chi connectivity index (χ1) is 10.1. The van der Waals surface area contributed by atoms with E-state index in [0.29, 0.717) is 6.54 Å². The summed E-state index contributed by atoms with van der Waals surface area (Å²) in [6.07, 6.45) is 0. The molecule has 3 heteroatoms. The van der Waals surface area contributed by atoms with Crippen molar-refractivity contribution in [3.05, 3.63) is 75.6 Å². The standard InChI is InChI=1S/C18H18N2O/c1-12-4-3-5-16(9-12)19-11-15-10-14-8-13(2)6-7-17(14)20-18(15)21/h3-10,19H,11H2,1-2H3,(H,20,21). The van der Waals surface area contributed by atoms with Gasteiger partial charge in [0.25, 0.3) is 5.56 Å². The van der Waals surface area contributed by atoms with Gasteiger partial charge in [0.15, 0.2) is 0 Å². The zero-order valence-corrected chi connectivity index (χ0v) is 12.2. The van der Waals surface area contributed by atoms with Gasteiger partial charge in [-0.2, -0.15) is 0 Å². The minimum atomic E-state index is -0.0356. The molecule has 0 saturated carbocycles. The highest BCUT2D eigenvalue weighted by atomic mass is 16.1. The Morgan fingerprint density at radius 1 is 1.00 bits per heavy atom. The van der Waals surface area contributed by atoms with E-state index in [-0.39, 0.29) is 5.56 Å². The number of hydrogen-bond donors (Lipinski definition) is 2. The molecule has 0 amide bonds. The second-order valence-corrected chi connectivity index (χ2v) is 5.44. The number of aromatic nitrogens is 1. The smallest absolute Gasteiger partial charge is 0.253 e. The molecule has 1 aromatic heterocycles. The lowest BCUT2D eigenvalue weighted by Gasteiger charge is -2.08. The maximum absolute atomic E-state index is 12.1. The van der Waals surface area contributed by atoms with Gasteiger partial charge in [0.1, 0.15) is 0 Å². The first kappa shape index (κ1) is 13.4. The van der Waals surface area contributed by atoms with E-state index < -0.39 is 0 Å². The fourth-order valence-electron chi connectivity index (χ4n) is 2.45. The van der Waals surface area contributed by atoms with Crippen LogP contribution in [0.1, 0.15) is 16.7 Å². The van der Waals surface area contributed by atoms with Crippen LogP contribution in [0.2, 0.25) is 0 Å². The minimum Gasteiger partial charge on any atom is -0.381 e. The van der Waals surface area contributed by atoms with Crippen molar-refractivity contribution < 1.29 is 0 Å². The van der Waals surface area contributed by atoms with Crippen LogP contribution in [-0.4, -0.2) is 4.98 Å². The lowest BCUT2D eigenvalue weighted by atomic mass is 10.1. The highest BCUT2D eigenvalue weighted by Gasteiger charge is 2.03. The van der Waals surface area contributed by atoms with E-state index >= 15 is 0 Å². The van der Waals surface area contributed by atoms with Crippen molar-refractivity contribution in [2.75, 3.05) is 5.32 Å². The molecule has 1 heterocycles. The number of rotatable bonds is 3. The number of H-pyrrole nitrogens is 1. The normalized spacial score (nSPS) is 10.8. The van der Waals surface area contributed by atoms with Gasteiger partial charge in [-0.3, -0.25) is 4.79 Å². The average Bonchev–Trinajstić information content (AvgIpc) is 2.45. The Kier molecular flexibility index (Phi) is 3.48. The molecule has 2 N–H and O–H groups in total. The third-order valence-corrected chi connectivity index (χ3v) is 3.58. The number of hydrogen-bond acceptors (Lipinski definition) is 2. The van der Waals surface area contributed by atoms with Crippen molar-refractivity contribution in [2.45, 2.75) is 20.4 Å². The summed E-state index contributed by atoms with van der Waals surface area (Å²) < 4.78 is 0. The predicted molar refractivity (Wildman–Crippen MR) is 87.8 cm³/mol. The van der Waals surface area contributed by atoms with Gasteiger partial charge in [-0.15, -0.1) is 0 Å². The van der Waals surface area contributed by atoms with Gasteiger partial charge >= 0.3 is 0 Å². The van der Waals surface area contributed by atoms with Crippen LogP contribution in [-0.2, 0) is 6.54 Å². The molecule has 3 nitrogen and oxygen atoms in total. The zero-order chi connectivity index (χ0) is 14.8. The lowest BCUT2D eigenvalue weighted by Crippen LogP contribution is -2.15. The molecular weight excluding hydrogens is 260 g/mol. The fourth-order valence-corrected chi connectivity index (χ4v) is 2.45. The summed E-state index contributed by atoms with van der Waals surface area (Å²) in [6, 6.07) is 16.1. The molecule has 0 aliphatic rings. The number of anilines is 1. The van der Waals surface area contributed by atoms with Crippen molar-refractivity contribution in [3.63, 3.8) is 0 Å². The molecule has 2 aromatic carbocycles. The topological polar surface area (TPSA) is 44.9 Å². The van der Waals surface area contributed by atoms with Crippen LogP contribution >= 0.6 is 0 Å². The van der Waals surface area contributed by atoms with E-state index in [4.69, 9.17) is 0 Å². The van der Waals surface area contributed by atoms with E-state index in [1.807, 2.05) is 30.3 Å². The summed E-state index contributed by atoms with van der Waals surface area (Å²) in [7, 11) is 0. The number of aromatic amines is 1. The number of pyridine rings is 1. The van der Waals surface area contributed by atoms with E-state index in [9.17, 15) is 4.79 Å². The Hall–Kier alpha value is -2.55. The van der Waals surface area contributed by atoms with Crippen LogP contribution in [0.15, 0.2) is 53.3 Å². The summed E-state index contributed by atoms with van der Waals surface area (Å²) in [6.45, 7) is 4.62. The zero-order valence-electron chi connectivity index (χ0n) is 12.2. The van der Waals surface area contributed by atoms with E-state index in [2.05, 4.69) is 42.3 Å². The van der Waals surface area contributed by atoms with E-state index in [1.54, 1.807) is 0 Å². The Labute approximate surface area is 123 Å². The Morgan fingerprint density at radius 2 is 1.81 bits per heavy atom. The van der Waals surface area contributed by atoms with Crippen LogP contribution in [0.5, 0.6) is 0 Å². The van der Waals surface area contributed by atoms with Crippen LogP contribution in [0.3, 0.4) is 0 Å². The summed E-state index contributed by atoms with van der Waals surface area (Å²) in [4.78, 5) is 15.0. The molecule has 21 heavy (non-hydrogen) atoms. The molecule has 3 rings (SSSR count). The van der Waals surface area contributed by atoms with Crippen molar-refractivity contribution in [2.24, 2.45) is 0 Å². The molecule has 0 saturated heterocycles. The second-order valence-electron chi connectivity index (χ2n) is 5.44. The Morgan fingerprint density at radius 3 is 2.62 bits per heavy atom. The van der Waals surface area contributed by atoms with Gasteiger partial charge in [-0.1, -0.05) is 23.8 Å². The van der Waals surface area contributed by atoms with Crippen molar-refractivity contribution in [1.29, 1.82) is 0 Å². The number of fused-ring (bicyclic) bond motifs is 1. The molecule has 0 aliphatic carbocycles. The fraction of sp³-hybridized carbons (Fsp3) is 0.167. The predicted octanol–water partition coefficient (Wildman–Crippen LogP) is 3.76. The highest BCUT2D eigenvalue weighted by molar-refractivity contribution is 5.79. The maximum atomic E-state index is 12.1. The molecule has 0 aliphatic heterocycles. The van der Waals surface area contributed by atoms with Gasteiger partial charge in [0, 0.05) is 23.3 Å². The molecule has 0 unspecified atom stereocenters. The molecule has 0 radical (unpaired) electrons. The highest BCUT2D eigenvalue weighted by Crippen LogP contribution is 2.15. The average molecular weight is 278 g/mol. The molecule has 3 aromatic rings. The third kappa shape index (κ3) is 2.97. The van der Waals surface area contributed by atoms with E-state index in [1.165, 1.54) is 11.1 Å². The van der Waals surface area contributed by atoms with Crippen LogP contribution in [0.4, 0.5) is 5.69 Å². The van der Waals surface area contributed by atoms with Crippen LogP contribution in [0.25, 0.3) is 10.9 Å². The van der Waals surface area contributed by atoms with Crippen molar-refractivity contribution >= 4 is 16.6 Å². The maximum Gasteiger partial charge on any atom is 0.253 e. The van der Waals surface area contributed by atoms with Gasteiger partial charge in [-0.25, -0.2) is 0 Å². The third-order valence-electron chi connectivity index (χ3n) is 3.58. The minimum absolute atomic E-state index is 0.0356. The van der Waals surface area contributed by atoms with Gasteiger partial charge in [0.2, 0.25) is 0 Å². The quantitative estimate of drug-likeness (QED) is 0.766. The molecule has 106 valence electrons. The summed E-state index contributed by atoms with van der Waals surface area (Å²) in [5.41, 5.74) is 5.00. The van der Waals surface area contributed by atoms with Gasteiger partial charge in [-0.05, 0) is 55.1 Å². The molecule has 0 bridgehead atoms. The summed E-state index contributed by atoms with van der Waals surface area (Å²) in [5, 5.41) is 4.37. The number of aryl methyl sites for hydroxylation is 2. The SMILES string of the molecule is Cc1cccc(NCc2cc3cc(C)ccc3[nH]c2=O)c1. The molecule has 0 atom stereocenters. The summed E-state index contributed by atoms with van der Waals surface area (Å²) in [5.74, 6) is 0. The van der Waals surface area contributed by atoms with Crippen molar-refractivity contribution in [3.8, 4) is 0 Å². The Balaban J connectivity index is 1.90. The summed E-state index contributed by atoms with van der Waals surface area (Å²) >= 11 is 0. The molecule has 0 spiro atoms. The largest absolute Gasteiger partial charge is 0.381 e. The monoisotopic (exact) mass is 278 g/mol. The second kappa shape index (κ2) is 5.44. The van der Waals surface area contributed by atoms with E-state index in [0.717, 1.165) is 22.2 Å². The molecular formula is C18H18N2O. The van der Waals surface area contributed by atoms with Gasteiger partial charge < -0.3 is 10.3 Å². The van der Waals surface area contributed by atoms with Crippen LogP contribution < -0.4 is 10.9 Å². The van der Waals surface area contributed by atoms with Crippen LogP contribution in [0, 0.1) is 13.8 Å². The number of benzene rings is 2. The molecule has 0 fully saturated rings. The Bertz CT molecular complexity index is 849. The van der Waals surface area contributed by atoms with Gasteiger partial charge in [0.05, 0.1) is 0 Å². The number of nitrogens with one attached hydrogen (secondary N) is 2.